The van der Waals surface area contributed by atoms with Gasteiger partial charge in [0.25, 0.3) is 0 Å². The second-order valence-electron chi connectivity index (χ2n) is 8.55. The van der Waals surface area contributed by atoms with Crippen LogP contribution in [0.4, 0.5) is 0 Å². The van der Waals surface area contributed by atoms with E-state index in [4.69, 9.17) is 5.10 Å². The number of rotatable bonds is 6. The molecule has 31 heavy (non-hydrogen) atoms. The lowest BCUT2D eigenvalue weighted by atomic mass is 9.87. The molecule has 0 aliphatic heterocycles. The Hall–Kier alpha value is -3.21. The minimum Gasteiger partial charge on any atom is -0.339 e. The molecule has 1 fully saturated rings. The molecule has 0 N–H and O–H groups in total. The maximum absolute atomic E-state index is 12.8. The average Bonchev–Trinajstić information content (AvgIpc) is 3.21. The first-order valence-corrected chi connectivity index (χ1v) is 11.1. The summed E-state index contributed by atoms with van der Waals surface area (Å²) in [6.45, 7) is 2.97. The summed E-state index contributed by atoms with van der Waals surface area (Å²) < 4.78 is 1.92. The van der Waals surface area contributed by atoms with Gasteiger partial charge in [-0.2, -0.15) is 5.10 Å². The number of aromatic nitrogens is 3. The number of likely N-dealkylation sites (N-methyl/N-ethyl adjacent to an activating group) is 1. The molecular formula is C26H30N4O. The zero-order valence-corrected chi connectivity index (χ0v) is 18.3. The third-order valence-electron chi connectivity index (χ3n) is 6.20. The van der Waals surface area contributed by atoms with Crippen molar-refractivity contribution in [2.75, 3.05) is 7.05 Å². The first-order valence-electron chi connectivity index (χ1n) is 11.1. The molecule has 1 aliphatic rings. The van der Waals surface area contributed by atoms with Crippen LogP contribution in [-0.2, 0) is 11.3 Å². The summed E-state index contributed by atoms with van der Waals surface area (Å²) in [4.78, 5) is 19.0. The number of carbonyl (C=O) groups is 1. The van der Waals surface area contributed by atoms with Crippen LogP contribution in [0.5, 0.6) is 0 Å². The van der Waals surface area contributed by atoms with Crippen molar-refractivity contribution in [3.63, 3.8) is 0 Å². The summed E-state index contributed by atoms with van der Waals surface area (Å²) in [6.07, 6.45) is 13.7. The molecule has 0 atom stereocenters. The molecule has 0 bridgehead atoms. The first-order chi connectivity index (χ1) is 15.1. The minimum atomic E-state index is 0.0486. The molecule has 0 saturated heterocycles. The standard InChI is InChI=1S/C26H30N4O/c1-20-10-13-24(14-11-20)29(2)25(31)15-12-23-19-30(18-21-7-4-3-5-8-21)28-26(23)22-9-6-16-27-17-22/h3-9,12,15-17,19-20,24H,10-11,13-14,18H2,1-2H3/b15-12+. The van der Waals surface area contributed by atoms with Crippen molar-refractivity contribution in [2.24, 2.45) is 5.92 Å². The van der Waals surface area contributed by atoms with Gasteiger partial charge < -0.3 is 4.90 Å². The SMILES string of the molecule is CC1CCC(N(C)C(=O)/C=C/c2cn(Cc3ccccc3)nc2-c2cccnc2)CC1. The molecule has 2 heterocycles. The van der Waals surface area contributed by atoms with Crippen LogP contribution in [-0.4, -0.2) is 38.7 Å². The summed E-state index contributed by atoms with van der Waals surface area (Å²) in [7, 11) is 1.92. The highest BCUT2D eigenvalue weighted by Gasteiger charge is 2.23. The number of hydrogen-bond donors (Lipinski definition) is 0. The van der Waals surface area contributed by atoms with Crippen LogP contribution in [0.15, 0.2) is 67.1 Å². The highest BCUT2D eigenvalue weighted by atomic mass is 16.2. The second kappa shape index (κ2) is 9.73. The van der Waals surface area contributed by atoms with Crippen LogP contribution in [0.1, 0.15) is 43.7 Å². The van der Waals surface area contributed by atoms with Crippen LogP contribution in [0.3, 0.4) is 0 Å². The van der Waals surface area contributed by atoms with E-state index in [0.717, 1.165) is 35.6 Å². The lowest BCUT2D eigenvalue weighted by Crippen LogP contribution is -2.38. The van der Waals surface area contributed by atoms with Gasteiger partial charge in [0.15, 0.2) is 0 Å². The fraction of sp³-hybridized carbons (Fsp3) is 0.346. The molecule has 160 valence electrons. The number of hydrogen-bond acceptors (Lipinski definition) is 3. The zero-order chi connectivity index (χ0) is 21.6. The van der Waals surface area contributed by atoms with E-state index in [9.17, 15) is 4.79 Å². The van der Waals surface area contributed by atoms with E-state index in [2.05, 4.69) is 24.0 Å². The maximum Gasteiger partial charge on any atom is 0.246 e. The molecule has 2 aromatic heterocycles. The molecule has 0 radical (unpaired) electrons. The lowest BCUT2D eigenvalue weighted by Gasteiger charge is -2.33. The van der Waals surface area contributed by atoms with E-state index < -0.39 is 0 Å². The fourth-order valence-corrected chi connectivity index (χ4v) is 4.23. The molecule has 1 saturated carbocycles. The Labute approximate surface area is 184 Å². The second-order valence-corrected chi connectivity index (χ2v) is 8.55. The molecule has 0 spiro atoms. The number of pyridine rings is 1. The lowest BCUT2D eigenvalue weighted by molar-refractivity contribution is -0.127. The van der Waals surface area contributed by atoms with Crippen molar-refractivity contribution < 1.29 is 4.79 Å². The van der Waals surface area contributed by atoms with Crippen LogP contribution >= 0.6 is 0 Å². The Morgan fingerprint density at radius 1 is 1.13 bits per heavy atom. The Morgan fingerprint density at radius 2 is 1.90 bits per heavy atom. The van der Waals surface area contributed by atoms with Crippen molar-refractivity contribution in [2.45, 2.75) is 45.2 Å². The molecule has 5 nitrogen and oxygen atoms in total. The molecule has 4 rings (SSSR count). The molecular weight excluding hydrogens is 384 g/mol. The van der Waals surface area contributed by atoms with E-state index in [1.165, 1.54) is 18.4 Å². The number of carbonyl (C=O) groups excluding carboxylic acids is 1. The Balaban J connectivity index is 1.55. The predicted octanol–water partition coefficient (Wildman–Crippen LogP) is 5.04. The van der Waals surface area contributed by atoms with E-state index in [-0.39, 0.29) is 5.91 Å². The van der Waals surface area contributed by atoms with Gasteiger partial charge in [-0.15, -0.1) is 0 Å². The van der Waals surface area contributed by atoms with Gasteiger partial charge in [-0.3, -0.25) is 14.5 Å². The average molecular weight is 415 g/mol. The summed E-state index contributed by atoms with van der Waals surface area (Å²) in [5, 5.41) is 4.80. The molecule has 0 unspecified atom stereocenters. The highest BCUT2D eigenvalue weighted by Crippen LogP contribution is 2.27. The molecule has 1 amide bonds. The smallest absolute Gasteiger partial charge is 0.246 e. The maximum atomic E-state index is 12.8. The van der Waals surface area contributed by atoms with E-state index in [0.29, 0.717) is 12.6 Å². The summed E-state index contributed by atoms with van der Waals surface area (Å²) in [5.74, 6) is 0.820. The van der Waals surface area contributed by atoms with Gasteiger partial charge in [0.2, 0.25) is 5.91 Å². The van der Waals surface area contributed by atoms with E-state index >= 15 is 0 Å². The van der Waals surface area contributed by atoms with Crippen LogP contribution in [0, 0.1) is 5.92 Å². The van der Waals surface area contributed by atoms with E-state index in [1.807, 2.05) is 65.4 Å². The van der Waals surface area contributed by atoms with Gasteiger partial charge in [0.1, 0.15) is 5.69 Å². The molecule has 1 aromatic carbocycles. The van der Waals surface area contributed by atoms with Gasteiger partial charge in [0, 0.05) is 48.9 Å². The monoisotopic (exact) mass is 414 g/mol. The van der Waals surface area contributed by atoms with Gasteiger partial charge in [-0.25, -0.2) is 0 Å². The largest absolute Gasteiger partial charge is 0.339 e. The van der Waals surface area contributed by atoms with Crippen molar-refractivity contribution in [3.05, 3.63) is 78.3 Å². The summed E-state index contributed by atoms with van der Waals surface area (Å²) in [5.41, 5.74) is 3.88. The van der Waals surface area contributed by atoms with Crippen molar-refractivity contribution in [1.29, 1.82) is 0 Å². The van der Waals surface area contributed by atoms with Crippen LogP contribution in [0.2, 0.25) is 0 Å². The number of nitrogens with zero attached hydrogens (tertiary/aromatic N) is 4. The number of benzene rings is 1. The van der Waals surface area contributed by atoms with Gasteiger partial charge in [0.05, 0.1) is 6.54 Å². The topological polar surface area (TPSA) is 51.0 Å². The van der Waals surface area contributed by atoms with Crippen molar-refractivity contribution in [3.8, 4) is 11.3 Å². The van der Waals surface area contributed by atoms with Gasteiger partial charge in [-0.05, 0) is 55.4 Å². The highest BCUT2D eigenvalue weighted by molar-refractivity contribution is 5.92. The van der Waals surface area contributed by atoms with Gasteiger partial charge in [-0.1, -0.05) is 37.3 Å². The summed E-state index contributed by atoms with van der Waals surface area (Å²) >= 11 is 0. The third kappa shape index (κ3) is 5.29. The summed E-state index contributed by atoms with van der Waals surface area (Å²) in [6, 6.07) is 14.5. The third-order valence-corrected chi connectivity index (χ3v) is 6.20. The van der Waals surface area contributed by atoms with Crippen LogP contribution in [0.25, 0.3) is 17.3 Å². The quantitative estimate of drug-likeness (QED) is 0.531. The van der Waals surface area contributed by atoms with E-state index in [1.54, 1.807) is 12.3 Å². The zero-order valence-electron chi connectivity index (χ0n) is 18.3. The molecule has 5 heteroatoms. The molecule has 3 aromatic rings. The van der Waals surface area contributed by atoms with Crippen molar-refractivity contribution >= 4 is 12.0 Å². The predicted molar refractivity (Wildman–Crippen MR) is 124 cm³/mol. The Bertz CT molecular complexity index is 1020. The number of amides is 1. The van der Waals surface area contributed by atoms with Crippen LogP contribution < -0.4 is 0 Å². The van der Waals surface area contributed by atoms with Crippen molar-refractivity contribution in [1.82, 2.24) is 19.7 Å². The fourth-order valence-electron chi connectivity index (χ4n) is 4.23. The molecule has 1 aliphatic carbocycles. The Kier molecular flexibility index (Phi) is 6.60. The van der Waals surface area contributed by atoms with Gasteiger partial charge >= 0.3 is 0 Å². The first kappa shape index (κ1) is 21.0. The normalized spacial score (nSPS) is 18.9. The minimum absolute atomic E-state index is 0.0486. The Morgan fingerprint density at radius 3 is 2.61 bits per heavy atom.